The molecular formula is C36H39F2N5O3. The fourth-order valence-corrected chi connectivity index (χ4v) is 8.00. The van der Waals surface area contributed by atoms with Crippen LogP contribution in [0.15, 0.2) is 30.5 Å². The number of halogens is 2. The van der Waals surface area contributed by atoms with Gasteiger partial charge in [-0.15, -0.1) is 6.42 Å². The Morgan fingerprint density at radius 1 is 1.11 bits per heavy atom. The van der Waals surface area contributed by atoms with E-state index in [1.54, 1.807) is 6.20 Å². The normalized spacial score (nSPS) is 22.1. The molecule has 4 heterocycles. The Hall–Kier alpha value is -4.07. The third kappa shape index (κ3) is 5.39. The monoisotopic (exact) mass is 627 g/mol. The molecule has 1 N–H and O–H groups in total. The maximum atomic E-state index is 16.8. The number of likely N-dealkylation sites (tertiary alicyclic amines) is 1. The van der Waals surface area contributed by atoms with Gasteiger partial charge < -0.3 is 19.5 Å². The van der Waals surface area contributed by atoms with Crippen molar-refractivity contribution >= 4 is 27.5 Å². The van der Waals surface area contributed by atoms with Crippen LogP contribution in [0, 0.1) is 29.4 Å². The molecule has 2 saturated heterocycles. The maximum Gasteiger partial charge on any atom is 0.319 e. The Morgan fingerprint density at radius 2 is 1.98 bits per heavy atom. The van der Waals surface area contributed by atoms with E-state index in [2.05, 4.69) is 32.6 Å². The van der Waals surface area contributed by atoms with Crippen LogP contribution in [0.1, 0.15) is 57.4 Å². The lowest BCUT2D eigenvalue weighted by Crippen LogP contribution is -2.52. The van der Waals surface area contributed by atoms with E-state index in [0.29, 0.717) is 60.9 Å². The van der Waals surface area contributed by atoms with Gasteiger partial charge in [-0.2, -0.15) is 9.97 Å². The van der Waals surface area contributed by atoms with Gasteiger partial charge >= 0.3 is 6.01 Å². The summed E-state index contributed by atoms with van der Waals surface area (Å²) in [6, 6.07) is 6.14. The summed E-state index contributed by atoms with van der Waals surface area (Å²) >= 11 is 0. The summed E-state index contributed by atoms with van der Waals surface area (Å²) in [5.41, 5.74) is 0.115. The molecule has 240 valence electrons. The van der Waals surface area contributed by atoms with Gasteiger partial charge in [0.1, 0.15) is 28.6 Å². The first-order chi connectivity index (χ1) is 22.4. The Bertz CT molecular complexity index is 1820. The van der Waals surface area contributed by atoms with Crippen LogP contribution in [0.4, 0.5) is 14.6 Å². The van der Waals surface area contributed by atoms with Crippen LogP contribution in [-0.4, -0.2) is 77.0 Å². The average Bonchev–Trinajstić information content (AvgIpc) is 3.31. The number of ether oxygens (including phenoxy) is 2. The number of phenolic OH excluding ortho intramolecular Hbond substituents is 1. The number of rotatable bonds is 7. The van der Waals surface area contributed by atoms with E-state index in [9.17, 15) is 9.50 Å². The molecule has 10 heteroatoms. The molecule has 2 unspecified atom stereocenters. The zero-order valence-electron chi connectivity index (χ0n) is 26.2. The molecule has 3 aliphatic rings. The molecule has 2 aromatic heterocycles. The zero-order valence-corrected chi connectivity index (χ0v) is 26.2. The molecule has 2 aromatic carbocycles. The molecule has 3 fully saturated rings. The molecule has 0 radical (unpaired) electrons. The van der Waals surface area contributed by atoms with Gasteiger partial charge in [0, 0.05) is 48.3 Å². The quantitative estimate of drug-likeness (QED) is 0.234. The van der Waals surface area contributed by atoms with Crippen LogP contribution in [0.5, 0.6) is 11.8 Å². The van der Waals surface area contributed by atoms with E-state index in [1.165, 1.54) is 24.3 Å². The lowest BCUT2D eigenvalue weighted by atomic mass is 9.75. The summed E-state index contributed by atoms with van der Waals surface area (Å²) in [7, 11) is 0. The highest BCUT2D eigenvalue weighted by molar-refractivity contribution is 6.03. The van der Waals surface area contributed by atoms with Crippen LogP contribution in [0.25, 0.3) is 32.9 Å². The van der Waals surface area contributed by atoms with Crippen molar-refractivity contribution in [3.63, 3.8) is 0 Å². The van der Waals surface area contributed by atoms with E-state index in [-0.39, 0.29) is 39.5 Å². The van der Waals surface area contributed by atoms with Gasteiger partial charge in [-0.3, -0.25) is 9.88 Å². The number of phenols is 1. The second kappa shape index (κ2) is 12.6. The van der Waals surface area contributed by atoms with Gasteiger partial charge in [0.15, 0.2) is 5.82 Å². The van der Waals surface area contributed by atoms with Gasteiger partial charge in [-0.05, 0) is 75.2 Å². The van der Waals surface area contributed by atoms with Crippen LogP contribution in [-0.2, 0) is 4.74 Å². The van der Waals surface area contributed by atoms with Gasteiger partial charge in [0.05, 0.1) is 24.2 Å². The smallest absolute Gasteiger partial charge is 0.319 e. The average molecular weight is 628 g/mol. The predicted molar refractivity (Wildman–Crippen MR) is 174 cm³/mol. The number of fused-ring (bicyclic) bond motifs is 3. The van der Waals surface area contributed by atoms with Crippen molar-refractivity contribution in [1.82, 2.24) is 19.9 Å². The molecule has 2 aliphatic heterocycles. The molecule has 7 rings (SSSR count). The molecule has 0 bridgehead atoms. The minimum absolute atomic E-state index is 0.0144. The molecule has 1 saturated carbocycles. The Labute approximate surface area is 267 Å². The van der Waals surface area contributed by atoms with Gasteiger partial charge in [0.25, 0.3) is 0 Å². The van der Waals surface area contributed by atoms with Crippen LogP contribution < -0.4 is 9.64 Å². The highest BCUT2D eigenvalue weighted by Gasteiger charge is 2.48. The summed E-state index contributed by atoms with van der Waals surface area (Å²) in [5, 5.41) is 11.8. The predicted octanol–water partition coefficient (Wildman–Crippen LogP) is 6.46. The molecule has 2 atom stereocenters. The fourth-order valence-electron chi connectivity index (χ4n) is 8.00. The number of nitrogens with zero attached hydrogens (tertiary/aromatic N) is 5. The first-order valence-electron chi connectivity index (χ1n) is 16.4. The van der Waals surface area contributed by atoms with Crippen molar-refractivity contribution in [2.24, 2.45) is 5.41 Å². The molecule has 8 nitrogen and oxygen atoms in total. The van der Waals surface area contributed by atoms with Crippen LogP contribution >= 0.6 is 0 Å². The Morgan fingerprint density at radius 3 is 2.83 bits per heavy atom. The number of aromatic hydroxyl groups is 1. The standard InChI is InChI=1S/C36H39F2N5O3/c1-3-13-42-14-6-12-36(11-5-8-29(36)42)22-46-35-40-33-27(34(41-35)43-15-7-17-45-18-16-43)21-39-32(31(33)38)26-20-24(44)19-23-9-10-28(37)25(4-2)30(23)26/h2,9-10,19-21,29,44H,3,5-8,11-18,22H2,1H3. The third-order valence-electron chi connectivity index (χ3n) is 10.0. The lowest BCUT2D eigenvalue weighted by Gasteiger charge is -2.46. The molecule has 0 amide bonds. The number of benzene rings is 2. The van der Waals surface area contributed by atoms with Crippen molar-refractivity contribution in [1.29, 1.82) is 0 Å². The molecular weight excluding hydrogens is 588 g/mol. The number of piperidine rings is 1. The highest BCUT2D eigenvalue weighted by atomic mass is 19.1. The van der Waals surface area contributed by atoms with Crippen LogP contribution in [0.2, 0.25) is 0 Å². The summed E-state index contributed by atoms with van der Waals surface area (Å²) in [6.07, 6.45) is 14.8. The first kappa shape index (κ1) is 30.6. The van der Waals surface area contributed by atoms with E-state index < -0.39 is 11.6 Å². The van der Waals surface area contributed by atoms with Gasteiger partial charge in [-0.25, -0.2) is 8.78 Å². The topological polar surface area (TPSA) is 83.8 Å². The second-order valence-corrected chi connectivity index (χ2v) is 12.8. The minimum atomic E-state index is -0.722. The van der Waals surface area contributed by atoms with E-state index >= 15 is 4.39 Å². The molecule has 4 aromatic rings. The van der Waals surface area contributed by atoms with Crippen molar-refractivity contribution in [3.8, 4) is 35.4 Å². The number of pyridine rings is 1. The fraction of sp³-hybridized carbons (Fsp3) is 0.472. The van der Waals surface area contributed by atoms with Gasteiger partial charge in [-0.1, -0.05) is 25.3 Å². The van der Waals surface area contributed by atoms with E-state index in [1.807, 2.05) is 0 Å². The van der Waals surface area contributed by atoms with E-state index in [0.717, 1.165) is 58.0 Å². The van der Waals surface area contributed by atoms with Crippen molar-refractivity contribution < 1.29 is 23.4 Å². The number of hydrogen-bond acceptors (Lipinski definition) is 8. The van der Waals surface area contributed by atoms with Gasteiger partial charge in [0.2, 0.25) is 0 Å². The largest absolute Gasteiger partial charge is 0.508 e. The molecule has 0 spiro atoms. The number of hydrogen-bond donors (Lipinski definition) is 1. The maximum absolute atomic E-state index is 16.8. The van der Waals surface area contributed by atoms with Crippen molar-refractivity contribution in [3.05, 3.63) is 47.7 Å². The lowest BCUT2D eigenvalue weighted by molar-refractivity contribution is -0.000131. The van der Waals surface area contributed by atoms with Crippen molar-refractivity contribution in [2.45, 2.75) is 57.9 Å². The number of aromatic nitrogens is 3. The number of anilines is 1. The minimum Gasteiger partial charge on any atom is -0.508 e. The molecule has 1 aliphatic carbocycles. The zero-order chi connectivity index (χ0) is 31.8. The summed E-state index contributed by atoms with van der Waals surface area (Å²) in [5.74, 6) is 1.48. The SMILES string of the molecule is C#Cc1c(F)ccc2cc(O)cc(-c3ncc4c(N5CCCOCC5)nc(OCC56CCCC5N(CCC)CCC6)nc4c3F)c12. The highest BCUT2D eigenvalue weighted by Crippen LogP contribution is 2.48. The molecule has 46 heavy (non-hydrogen) atoms. The summed E-state index contributed by atoms with van der Waals surface area (Å²) < 4.78 is 43.8. The summed E-state index contributed by atoms with van der Waals surface area (Å²) in [4.78, 5) is 18.7. The van der Waals surface area contributed by atoms with Crippen LogP contribution in [0.3, 0.4) is 0 Å². The Kier molecular flexibility index (Phi) is 8.38. The first-order valence-corrected chi connectivity index (χ1v) is 16.4. The van der Waals surface area contributed by atoms with Crippen molar-refractivity contribution in [2.75, 3.05) is 50.9 Å². The van der Waals surface area contributed by atoms with E-state index in [4.69, 9.17) is 20.9 Å². The third-order valence-corrected chi connectivity index (χ3v) is 10.0. The number of terminal acetylenes is 1. The Balaban J connectivity index is 1.35. The summed E-state index contributed by atoms with van der Waals surface area (Å²) in [6.45, 7) is 7.29. The second-order valence-electron chi connectivity index (χ2n) is 12.8.